The maximum absolute atomic E-state index is 14.1. The molecule has 176 valence electrons. The molecule has 2 N–H and O–H groups in total. The summed E-state index contributed by atoms with van der Waals surface area (Å²) in [6, 6.07) is 6.16. The van der Waals surface area contributed by atoms with Crippen LogP contribution in [0.25, 0.3) is 10.8 Å². The highest BCUT2D eigenvalue weighted by Crippen LogP contribution is 2.42. The Morgan fingerprint density at radius 1 is 1.21 bits per heavy atom. The van der Waals surface area contributed by atoms with Crippen molar-refractivity contribution in [3.05, 3.63) is 64.1 Å². The fraction of sp³-hybridized carbons (Fsp3) is 0.318. The number of aliphatic hydroxyl groups is 1. The van der Waals surface area contributed by atoms with Gasteiger partial charge in [-0.05, 0) is 37.0 Å². The van der Waals surface area contributed by atoms with Crippen molar-refractivity contribution in [1.82, 2.24) is 10.2 Å². The second kappa shape index (κ2) is 9.26. The molecule has 0 radical (unpaired) electrons. The van der Waals surface area contributed by atoms with Crippen LogP contribution in [0.1, 0.15) is 31.2 Å². The number of fused-ring (bicyclic) bond motifs is 1. The molecule has 2 aromatic carbocycles. The number of nitrogens with one attached hydrogen (secondary N) is 1. The highest BCUT2D eigenvalue weighted by atomic mass is 19.4. The number of methoxy groups -OCH3 is 1. The van der Waals surface area contributed by atoms with E-state index < -0.39 is 47.1 Å². The Bertz CT molecular complexity index is 1240. The molecule has 0 aliphatic heterocycles. The summed E-state index contributed by atoms with van der Waals surface area (Å²) < 4.78 is 74.4. The Labute approximate surface area is 184 Å². The summed E-state index contributed by atoms with van der Waals surface area (Å²) in [7, 11) is 1.07. The van der Waals surface area contributed by atoms with Crippen molar-refractivity contribution < 1.29 is 31.8 Å². The number of halogens is 5. The number of aromatic nitrogens is 2. The zero-order valence-corrected chi connectivity index (χ0v) is 17.6. The van der Waals surface area contributed by atoms with Crippen LogP contribution in [0.5, 0.6) is 5.75 Å². The minimum atomic E-state index is -5.14. The molecule has 0 saturated carbocycles. The van der Waals surface area contributed by atoms with Crippen LogP contribution >= 0.6 is 0 Å². The Morgan fingerprint density at radius 3 is 2.58 bits per heavy atom. The van der Waals surface area contributed by atoms with E-state index in [2.05, 4.69) is 15.2 Å². The molecule has 2 atom stereocenters. The molecule has 1 aromatic heterocycles. The summed E-state index contributed by atoms with van der Waals surface area (Å²) in [5.74, 6) is -4.11. The highest BCUT2D eigenvalue weighted by Gasteiger charge is 2.53. The van der Waals surface area contributed by atoms with Gasteiger partial charge in [0, 0.05) is 17.2 Å². The zero-order chi connectivity index (χ0) is 24.4. The lowest BCUT2D eigenvalue weighted by molar-refractivity contribution is -0.232. The first-order chi connectivity index (χ1) is 15.5. The summed E-state index contributed by atoms with van der Waals surface area (Å²) >= 11 is 0. The van der Waals surface area contributed by atoms with Crippen molar-refractivity contribution in [3.8, 4) is 5.75 Å². The number of aliphatic imine (C=N–C) groups is 1. The van der Waals surface area contributed by atoms with Gasteiger partial charge in [-0.25, -0.2) is 9.49 Å². The quantitative estimate of drug-likeness (QED) is 0.385. The van der Waals surface area contributed by atoms with Crippen molar-refractivity contribution in [2.75, 3.05) is 7.11 Å². The second-order valence-electron chi connectivity index (χ2n) is 7.41. The number of rotatable bonds is 7. The van der Waals surface area contributed by atoms with Crippen molar-refractivity contribution in [2.45, 2.75) is 37.5 Å². The number of benzene rings is 2. The predicted octanol–water partition coefficient (Wildman–Crippen LogP) is 4.79. The molecule has 0 amide bonds. The van der Waals surface area contributed by atoms with E-state index in [1.807, 2.05) is 0 Å². The average Bonchev–Trinajstić information content (AvgIpc) is 2.77. The molecular formula is C22H20F5N3O3. The van der Waals surface area contributed by atoms with Gasteiger partial charge in [-0.3, -0.25) is 9.79 Å². The van der Waals surface area contributed by atoms with E-state index in [4.69, 9.17) is 4.74 Å². The topological polar surface area (TPSA) is 87.6 Å². The van der Waals surface area contributed by atoms with Crippen LogP contribution in [0.3, 0.4) is 0 Å². The van der Waals surface area contributed by atoms with Crippen LogP contribution in [-0.2, 0) is 0 Å². The molecule has 1 heterocycles. The maximum Gasteiger partial charge on any atom is 0.422 e. The fourth-order valence-corrected chi connectivity index (χ4v) is 3.56. The zero-order valence-electron chi connectivity index (χ0n) is 17.6. The Balaban J connectivity index is 2.05. The number of nitrogens with zero attached hydrogens (tertiary/aromatic N) is 2. The molecule has 3 rings (SSSR count). The van der Waals surface area contributed by atoms with Gasteiger partial charge in [-0.1, -0.05) is 19.1 Å². The van der Waals surface area contributed by atoms with E-state index in [9.17, 15) is 31.9 Å². The van der Waals surface area contributed by atoms with Gasteiger partial charge in [0.1, 0.15) is 0 Å². The smallest absolute Gasteiger partial charge is 0.422 e. The van der Waals surface area contributed by atoms with Crippen LogP contribution in [0.2, 0.25) is 0 Å². The fourth-order valence-electron chi connectivity index (χ4n) is 3.56. The number of ether oxygens (including phenoxy) is 1. The van der Waals surface area contributed by atoms with Gasteiger partial charge >= 0.3 is 6.18 Å². The van der Waals surface area contributed by atoms with Gasteiger partial charge in [-0.2, -0.15) is 22.7 Å². The number of hydrogen-bond donors (Lipinski definition) is 2. The van der Waals surface area contributed by atoms with Crippen molar-refractivity contribution in [2.24, 2.45) is 4.99 Å². The number of H-pyrrole nitrogens is 1. The summed E-state index contributed by atoms with van der Waals surface area (Å²) in [5, 5.41) is 16.8. The number of hydrogen-bond acceptors (Lipinski definition) is 5. The molecule has 0 aliphatic carbocycles. The van der Waals surface area contributed by atoms with Gasteiger partial charge in [0.25, 0.3) is 5.56 Å². The van der Waals surface area contributed by atoms with Crippen LogP contribution < -0.4 is 10.3 Å². The van der Waals surface area contributed by atoms with E-state index in [0.29, 0.717) is 6.21 Å². The first-order valence-electron chi connectivity index (χ1n) is 9.85. The van der Waals surface area contributed by atoms with E-state index in [-0.39, 0.29) is 28.4 Å². The largest absolute Gasteiger partial charge is 0.493 e. The van der Waals surface area contributed by atoms with Crippen LogP contribution in [0.15, 0.2) is 46.3 Å². The minimum Gasteiger partial charge on any atom is -0.493 e. The number of aromatic amines is 1. The van der Waals surface area contributed by atoms with Crippen molar-refractivity contribution in [1.29, 1.82) is 0 Å². The molecule has 0 aliphatic rings. The number of alkyl halides is 3. The third kappa shape index (κ3) is 4.72. The predicted molar refractivity (Wildman–Crippen MR) is 112 cm³/mol. The van der Waals surface area contributed by atoms with E-state index in [1.165, 1.54) is 24.4 Å². The van der Waals surface area contributed by atoms with Gasteiger partial charge in [-0.15, -0.1) is 0 Å². The summed E-state index contributed by atoms with van der Waals surface area (Å²) in [4.78, 5) is 15.7. The summed E-state index contributed by atoms with van der Waals surface area (Å²) in [5.41, 5.74) is -3.99. The molecule has 2 unspecified atom stereocenters. The van der Waals surface area contributed by atoms with E-state index in [1.54, 1.807) is 6.92 Å². The van der Waals surface area contributed by atoms with Crippen molar-refractivity contribution in [3.63, 3.8) is 0 Å². The Kier molecular flexibility index (Phi) is 6.82. The van der Waals surface area contributed by atoms with Crippen molar-refractivity contribution >= 4 is 22.7 Å². The molecule has 33 heavy (non-hydrogen) atoms. The monoisotopic (exact) mass is 469 g/mol. The van der Waals surface area contributed by atoms with Crippen LogP contribution in [0.4, 0.5) is 27.6 Å². The molecule has 0 bridgehead atoms. The molecule has 11 heteroatoms. The third-order valence-corrected chi connectivity index (χ3v) is 5.37. The normalized spacial score (nSPS) is 15.0. The third-order valence-electron chi connectivity index (χ3n) is 5.37. The van der Waals surface area contributed by atoms with E-state index in [0.717, 1.165) is 19.2 Å². The van der Waals surface area contributed by atoms with Gasteiger partial charge in [0.15, 0.2) is 17.2 Å². The lowest BCUT2D eigenvalue weighted by Gasteiger charge is -2.31. The molecule has 3 aromatic rings. The SMILES string of the molecule is CCC(CC(O)(/C=N/c1cccc2c(=O)[nH]ncc12)C(F)(F)F)c1ccc(F)c(F)c1OC. The van der Waals surface area contributed by atoms with E-state index >= 15 is 0 Å². The summed E-state index contributed by atoms with van der Waals surface area (Å²) in [6.45, 7) is 1.54. The minimum absolute atomic E-state index is 0.00719. The van der Waals surface area contributed by atoms with Crippen LogP contribution in [0, 0.1) is 11.6 Å². The van der Waals surface area contributed by atoms with Gasteiger partial charge in [0.05, 0.1) is 24.4 Å². The first kappa shape index (κ1) is 24.3. The maximum atomic E-state index is 14.1. The molecule has 0 spiro atoms. The van der Waals surface area contributed by atoms with Gasteiger partial charge < -0.3 is 9.84 Å². The lowest BCUT2D eigenvalue weighted by atomic mass is 9.83. The molecular weight excluding hydrogens is 449 g/mol. The molecule has 0 fully saturated rings. The standard InChI is InChI=1S/C22H20F5N3O3/c1-3-12(13-7-8-16(23)18(24)19(13)33-2)9-21(32,22(25,26)27)11-28-17-6-4-5-14-15(17)10-29-30-20(14)31/h4-8,10-12,32H,3,9H2,1-2H3,(H,30,31)/b28-11+. The molecule has 6 nitrogen and oxygen atoms in total. The summed E-state index contributed by atoms with van der Waals surface area (Å²) in [6.07, 6.45) is -4.44. The van der Waals surface area contributed by atoms with Crippen LogP contribution in [-0.4, -0.2) is 40.4 Å². The first-order valence-corrected chi connectivity index (χ1v) is 9.85. The lowest BCUT2D eigenvalue weighted by Crippen LogP contribution is -2.47. The average molecular weight is 469 g/mol. The second-order valence-corrected chi connectivity index (χ2v) is 7.41. The Morgan fingerprint density at radius 2 is 1.94 bits per heavy atom. The van der Waals surface area contributed by atoms with Gasteiger partial charge in [0.2, 0.25) is 5.82 Å². The highest BCUT2D eigenvalue weighted by molar-refractivity contribution is 5.93. The Hall–Kier alpha value is -3.34. The molecule has 0 saturated heterocycles.